The summed E-state index contributed by atoms with van der Waals surface area (Å²) in [5.41, 5.74) is -0.231. The average molecular weight is 398 g/mol. The van der Waals surface area contributed by atoms with E-state index in [1.165, 1.54) is 24.3 Å². The maximum atomic E-state index is 13.8. The van der Waals surface area contributed by atoms with Crippen molar-refractivity contribution in [1.29, 1.82) is 0 Å². The largest absolute Gasteiger partial charge is 0.451 e. The number of benzene rings is 1. The molecule has 0 aliphatic rings. The number of anilines is 1. The number of halogens is 3. The summed E-state index contributed by atoms with van der Waals surface area (Å²) in [5.74, 6) is -0.408. The fraction of sp³-hybridized carbons (Fsp3) is 0.167. The smallest absolute Gasteiger partial charge is 0.266 e. The zero-order valence-corrected chi connectivity index (χ0v) is 13.9. The van der Waals surface area contributed by atoms with Crippen LogP contribution in [0.25, 0.3) is 0 Å². The van der Waals surface area contributed by atoms with Crippen LogP contribution in [0.3, 0.4) is 0 Å². The Bertz CT molecular complexity index is 764. The zero-order valence-electron chi connectivity index (χ0n) is 10.8. The van der Waals surface area contributed by atoms with Crippen molar-refractivity contribution in [3.05, 3.63) is 45.5 Å². The van der Waals surface area contributed by atoms with Crippen molar-refractivity contribution in [2.45, 2.75) is 11.4 Å². The highest BCUT2D eigenvalue weighted by atomic mass is 79.9. The number of nitrogens with one attached hydrogen (secondary N) is 2. The molecule has 0 fully saturated rings. The third-order valence-electron chi connectivity index (χ3n) is 2.54. The molecular weight excluding hydrogens is 387 g/mol. The first-order valence-electron chi connectivity index (χ1n) is 5.75. The molecule has 0 unspecified atom stereocenters. The van der Waals surface area contributed by atoms with Gasteiger partial charge in [0.2, 0.25) is 0 Å². The van der Waals surface area contributed by atoms with Gasteiger partial charge in [0.05, 0.1) is 17.3 Å². The quantitative estimate of drug-likeness (QED) is 0.811. The van der Waals surface area contributed by atoms with Gasteiger partial charge in [-0.2, -0.15) is 0 Å². The Morgan fingerprint density at radius 1 is 1.43 bits per heavy atom. The second-order valence-corrected chi connectivity index (χ2v) is 6.87. The Balaban J connectivity index is 2.36. The average Bonchev–Trinajstić information content (AvgIpc) is 2.77. The lowest BCUT2D eigenvalue weighted by atomic mass is 10.3. The van der Waals surface area contributed by atoms with Gasteiger partial charge in [0.15, 0.2) is 10.5 Å². The van der Waals surface area contributed by atoms with E-state index >= 15 is 0 Å². The van der Waals surface area contributed by atoms with Gasteiger partial charge in [-0.05, 0) is 35.1 Å². The first kappa shape index (κ1) is 16.3. The lowest BCUT2D eigenvalue weighted by molar-refractivity contribution is 0.470. The number of hydrogen-bond acceptors (Lipinski definition) is 4. The van der Waals surface area contributed by atoms with Crippen LogP contribution >= 0.6 is 27.5 Å². The summed E-state index contributed by atoms with van der Waals surface area (Å²) in [5, 5.41) is 2.67. The van der Waals surface area contributed by atoms with E-state index in [1.807, 2.05) is 0 Å². The van der Waals surface area contributed by atoms with E-state index < -0.39 is 15.8 Å². The van der Waals surface area contributed by atoms with E-state index in [9.17, 15) is 12.8 Å². The molecule has 2 aromatic rings. The van der Waals surface area contributed by atoms with Gasteiger partial charge in [-0.15, -0.1) is 0 Å². The van der Waals surface area contributed by atoms with Gasteiger partial charge in [0, 0.05) is 6.07 Å². The van der Waals surface area contributed by atoms with Crippen molar-refractivity contribution in [1.82, 2.24) is 5.32 Å². The summed E-state index contributed by atoms with van der Waals surface area (Å²) in [6.07, 6.45) is 0. The van der Waals surface area contributed by atoms with E-state index in [0.717, 1.165) is 0 Å². The standard InChI is InChI=1S/C12H11BrClFN2O3S/c1-16-6-7-5-10(12(13)20-7)21(18,19)17-9-4-2-3-8(14)11(9)15/h2-5,16-17H,6H2,1H3. The molecule has 2 rings (SSSR count). The van der Waals surface area contributed by atoms with Crippen molar-refractivity contribution in [2.24, 2.45) is 0 Å². The fourth-order valence-electron chi connectivity index (χ4n) is 1.62. The Morgan fingerprint density at radius 2 is 2.14 bits per heavy atom. The van der Waals surface area contributed by atoms with Gasteiger partial charge < -0.3 is 9.73 Å². The summed E-state index contributed by atoms with van der Waals surface area (Å²) in [6.45, 7) is 0.361. The van der Waals surface area contributed by atoms with Crippen LogP contribution in [-0.2, 0) is 16.6 Å². The van der Waals surface area contributed by atoms with Crippen LogP contribution in [0.4, 0.5) is 10.1 Å². The van der Waals surface area contributed by atoms with Crippen LogP contribution in [0.1, 0.15) is 5.76 Å². The summed E-state index contributed by atoms with van der Waals surface area (Å²) in [7, 11) is -2.30. The van der Waals surface area contributed by atoms with Gasteiger partial charge in [-0.3, -0.25) is 4.72 Å². The molecule has 5 nitrogen and oxygen atoms in total. The third-order valence-corrected chi connectivity index (χ3v) is 5.06. The molecule has 0 aliphatic carbocycles. The second kappa shape index (κ2) is 6.35. The van der Waals surface area contributed by atoms with Crippen molar-refractivity contribution in [2.75, 3.05) is 11.8 Å². The van der Waals surface area contributed by atoms with E-state index in [1.54, 1.807) is 7.05 Å². The minimum atomic E-state index is -4.00. The monoisotopic (exact) mass is 396 g/mol. The van der Waals surface area contributed by atoms with Crippen LogP contribution < -0.4 is 10.0 Å². The number of hydrogen-bond donors (Lipinski definition) is 2. The first-order chi connectivity index (χ1) is 9.85. The molecule has 2 N–H and O–H groups in total. The molecule has 1 aromatic heterocycles. The third kappa shape index (κ3) is 3.57. The summed E-state index contributed by atoms with van der Waals surface area (Å²) in [6, 6.07) is 5.40. The molecule has 0 atom stereocenters. The van der Waals surface area contributed by atoms with Crippen LogP contribution in [-0.4, -0.2) is 15.5 Å². The van der Waals surface area contributed by atoms with Gasteiger partial charge in [0.1, 0.15) is 10.7 Å². The normalized spacial score (nSPS) is 11.6. The predicted octanol–water partition coefficient (Wildman–Crippen LogP) is 3.35. The van der Waals surface area contributed by atoms with Crippen LogP contribution in [0.5, 0.6) is 0 Å². The zero-order chi connectivity index (χ0) is 15.6. The molecule has 0 aliphatic heterocycles. The SMILES string of the molecule is CNCc1cc(S(=O)(=O)Nc2cccc(Cl)c2F)c(Br)o1. The lowest BCUT2D eigenvalue weighted by Crippen LogP contribution is -2.14. The van der Waals surface area contributed by atoms with Crippen LogP contribution in [0.2, 0.25) is 5.02 Å². The molecule has 0 bridgehead atoms. The topological polar surface area (TPSA) is 71.3 Å². The molecule has 0 amide bonds. The van der Waals surface area contributed by atoms with Gasteiger partial charge >= 0.3 is 0 Å². The number of furan rings is 1. The number of sulfonamides is 1. The Morgan fingerprint density at radius 3 is 2.81 bits per heavy atom. The van der Waals surface area contributed by atoms with Crippen molar-refractivity contribution >= 4 is 43.2 Å². The van der Waals surface area contributed by atoms with Crippen LogP contribution in [0, 0.1) is 5.82 Å². The van der Waals surface area contributed by atoms with Gasteiger partial charge in [-0.1, -0.05) is 17.7 Å². The first-order valence-corrected chi connectivity index (χ1v) is 8.40. The van der Waals surface area contributed by atoms with Gasteiger partial charge in [-0.25, -0.2) is 12.8 Å². The summed E-state index contributed by atoms with van der Waals surface area (Å²) < 4.78 is 45.7. The van der Waals surface area contributed by atoms with E-state index in [0.29, 0.717) is 12.3 Å². The van der Waals surface area contributed by atoms with E-state index in [4.69, 9.17) is 16.0 Å². The van der Waals surface area contributed by atoms with Crippen molar-refractivity contribution in [3.8, 4) is 0 Å². The Hall–Kier alpha value is -1.09. The maximum absolute atomic E-state index is 13.8. The molecule has 0 saturated carbocycles. The summed E-state index contributed by atoms with van der Waals surface area (Å²) >= 11 is 8.66. The highest BCUT2D eigenvalue weighted by Crippen LogP contribution is 2.29. The maximum Gasteiger partial charge on any atom is 0.266 e. The molecule has 0 spiro atoms. The van der Waals surface area contributed by atoms with E-state index in [-0.39, 0.29) is 20.3 Å². The predicted molar refractivity (Wildman–Crippen MR) is 81.4 cm³/mol. The molecule has 114 valence electrons. The van der Waals surface area contributed by atoms with E-state index in [2.05, 4.69) is 26.0 Å². The fourth-order valence-corrected chi connectivity index (χ4v) is 3.86. The second-order valence-electron chi connectivity index (χ2n) is 4.09. The molecule has 0 saturated heterocycles. The van der Waals surface area contributed by atoms with Crippen LogP contribution in [0.15, 0.2) is 38.2 Å². The molecule has 1 heterocycles. The molecular formula is C12H11BrClFN2O3S. The molecule has 0 radical (unpaired) electrons. The number of rotatable bonds is 5. The minimum absolute atomic E-state index is 0.0442. The highest BCUT2D eigenvalue weighted by molar-refractivity contribution is 9.10. The lowest BCUT2D eigenvalue weighted by Gasteiger charge is -2.08. The molecule has 21 heavy (non-hydrogen) atoms. The van der Waals surface area contributed by atoms with Crippen molar-refractivity contribution < 1.29 is 17.2 Å². The Kier molecular flexibility index (Phi) is 4.92. The molecule has 9 heteroatoms. The van der Waals surface area contributed by atoms with Gasteiger partial charge in [0.25, 0.3) is 10.0 Å². The minimum Gasteiger partial charge on any atom is -0.451 e. The molecule has 1 aromatic carbocycles. The highest BCUT2D eigenvalue weighted by Gasteiger charge is 2.24. The summed E-state index contributed by atoms with van der Waals surface area (Å²) in [4.78, 5) is -0.118. The Labute approximate surface area is 134 Å². The van der Waals surface area contributed by atoms with Crippen molar-refractivity contribution in [3.63, 3.8) is 0 Å².